The molecule has 0 N–H and O–H groups in total. The summed E-state index contributed by atoms with van der Waals surface area (Å²) >= 11 is 0. The van der Waals surface area contributed by atoms with Gasteiger partial charge in [0.1, 0.15) is 5.75 Å². The maximum atomic E-state index is 12.7. The Labute approximate surface area is 130 Å². The van der Waals surface area contributed by atoms with Crippen molar-refractivity contribution in [3.05, 3.63) is 23.8 Å². The van der Waals surface area contributed by atoms with Crippen molar-refractivity contribution in [1.29, 1.82) is 0 Å². The van der Waals surface area contributed by atoms with Gasteiger partial charge in [-0.25, -0.2) is 8.42 Å². The van der Waals surface area contributed by atoms with Crippen molar-refractivity contribution in [3.63, 3.8) is 0 Å². The fourth-order valence-electron chi connectivity index (χ4n) is 2.87. The number of hydrogen-bond donors (Lipinski definition) is 0. The van der Waals surface area contributed by atoms with Crippen molar-refractivity contribution in [1.82, 2.24) is 9.21 Å². The second kappa shape index (κ2) is 5.89. The molecule has 1 amide bonds. The number of hydrogen-bond acceptors (Lipinski definition) is 4. The van der Waals surface area contributed by atoms with E-state index in [9.17, 15) is 13.2 Å². The first-order valence-electron chi connectivity index (χ1n) is 7.56. The average Bonchev–Trinajstić information content (AvgIpc) is 3.01. The molecule has 3 rings (SSSR count). The van der Waals surface area contributed by atoms with Gasteiger partial charge in [0.25, 0.3) is 0 Å². The number of ether oxygens (including phenoxy) is 1. The highest BCUT2D eigenvalue weighted by atomic mass is 32.2. The lowest BCUT2D eigenvalue weighted by Gasteiger charge is -2.34. The van der Waals surface area contributed by atoms with E-state index in [4.69, 9.17) is 4.74 Å². The highest BCUT2D eigenvalue weighted by Crippen LogP contribution is 2.29. The molecule has 2 aliphatic heterocycles. The van der Waals surface area contributed by atoms with E-state index in [1.54, 1.807) is 23.1 Å². The molecule has 22 heavy (non-hydrogen) atoms. The Balaban J connectivity index is 1.75. The van der Waals surface area contributed by atoms with Gasteiger partial charge < -0.3 is 9.64 Å². The van der Waals surface area contributed by atoms with Crippen LogP contribution in [0.25, 0.3) is 0 Å². The van der Waals surface area contributed by atoms with Crippen LogP contribution in [-0.4, -0.2) is 56.3 Å². The van der Waals surface area contributed by atoms with Crippen LogP contribution >= 0.6 is 0 Å². The second-order valence-electron chi connectivity index (χ2n) is 5.51. The van der Waals surface area contributed by atoms with Crippen molar-refractivity contribution >= 4 is 15.9 Å². The first-order valence-corrected chi connectivity index (χ1v) is 9.00. The molecule has 6 nitrogen and oxygen atoms in total. The summed E-state index contributed by atoms with van der Waals surface area (Å²) in [5, 5.41) is 0. The standard InChI is InChI=1S/C15H20N2O4S/c1-2-15(18)16-6-8-17(9-7-16)22(19,20)13-3-4-14-12(11-13)5-10-21-14/h3-4,11H,2,5-10H2,1H3. The van der Waals surface area contributed by atoms with Gasteiger partial charge in [-0.15, -0.1) is 0 Å². The van der Waals surface area contributed by atoms with Crippen LogP contribution in [0.2, 0.25) is 0 Å². The number of piperazine rings is 1. The summed E-state index contributed by atoms with van der Waals surface area (Å²) in [4.78, 5) is 13.7. The molecule has 1 aromatic rings. The highest BCUT2D eigenvalue weighted by molar-refractivity contribution is 7.89. The number of rotatable bonds is 3. The van der Waals surface area contributed by atoms with E-state index in [-0.39, 0.29) is 5.91 Å². The number of carbonyl (C=O) groups excluding carboxylic acids is 1. The van der Waals surface area contributed by atoms with Gasteiger partial charge in [0.15, 0.2) is 0 Å². The molecule has 1 aromatic carbocycles. The van der Waals surface area contributed by atoms with Gasteiger partial charge in [-0.2, -0.15) is 4.31 Å². The first kappa shape index (κ1) is 15.3. The molecule has 0 saturated carbocycles. The van der Waals surface area contributed by atoms with E-state index in [0.29, 0.717) is 44.1 Å². The van der Waals surface area contributed by atoms with Crippen molar-refractivity contribution in [3.8, 4) is 5.75 Å². The minimum absolute atomic E-state index is 0.0757. The lowest BCUT2D eigenvalue weighted by Crippen LogP contribution is -2.50. The summed E-state index contributed by atoms with van der Waals surface area (Å²) in [6.45, 7) is 4.04. The SMILES string of the molecule is CCC(=O)N1CCN(S(=O)(=O)c2ccc3c(c2)CCO3)CC1. The van der Waals surface area contributed by atoms with Crippen molar-refractivity contribution < 1.29 is 17.9 Å². The Morgan fingerprint density at radius 1 is 1.23 bits per heavy atom. The zero-order chi connectivity index (χ0) is 15.7. The minimum atomic E-state index is -3.50. The molecule has 0 atom stereocenters. The van der Waals surface area contributed by atoms with Gasteiger partial charge >= 0.3 is 0 Å². The predicted molar refractivity (Wildman–Crippen MR) is 81.3 cm³/mol. The molecule has 0 aromatic heterocycles. The third kappa shape index (κ3) is 2.70. The Morgan fingerprint density at radius 2 is 1.95 bits per heavy atom. The summed E-state index contributed by atoms with van der Waals surface area (Å²) in [7, 11) is -3.50. The summed E-state index contributed by atoms with van der Waals surface area (Å²) in [5.41, 5.74) is 0.945. The zero-order valence-electron chi connectivity index (χ0n) is 12.6. The Bertz CT molecular complexity index is 679. The fraction of sp³-hybridized carbons (Fsp3) is 0.533. The Kier molecular flexibility index (Phi) is 4.10. The first-order chi connectivity index (χ1) is 10.5. The molecule has 0 spiro atoms. The quantitative estimate of drug-likeness (QED) is 0.827. The fourth-order valence-corrected chi connectivity index (χ4v) is 4.35. The molecule has 0 bridgehead atoms. The van der Waals surface area contributed by atoms with Gasteiger partial charge in [0.2, 0.25) is 15.9 Å². The maximum Gasteiger partial charge on any atom is 0.243 e. The number of amides is 1. The molecule has 120 valence electrons. The second-order valence-corrected chi connectivity index (χ2v) is 7.44. The van der Waals surface area contributed by atoms with E-state index in [2.05, 4.69) is 0 Å². The highest BCUT2D eigenvalue weighted by Gasteiger charge is 2.30. The minimum Gasteiger partial charge on any atom is -0.493 e. The molecule has 0 unspecified atom stereocenters. The van der Waals surface area contributed by atoms with Crippen LogP contribution in [0.5, 0.6) is 5.75 Å². The number of benzene rings is 1. The maximum absolute atomic E-state index is 12.7. The van der Waals surface area contributed by atoms with E-state index in [0.717, 1.165) is 17.7 Å². The lowest BCUT2D eigenvalue weighted by molar-refractivity contribution is -0.132. The van der Waals surface area contributed by atoms with E-state index in [1.807, 2.05) is 6.92 Å². The molecule has 0 aliphatic carbocycles. The summed E-state index contributed by atoms with van der Waals surface area (Å²) in [6, 6.07) is 5.04. The molecule has 2 aliphatic rings. The van der Waals surface area contributed by atoms with Crippen LogP contribution in [0, 0.1) is 0 Å². The molecule has 1 saturated heterocycles. The van der Waals surface area contributed by atoms with Crippen LogP contribution in [0.15, 0.2) is 23.1 Å². The third-order valence-corrected chi connectivity index (χ3v) is 6.09. The van der Waals surface area contributed by atoms with Gasteiger partial charge in [-0.05, 0) is 23.8 Å². The van der Waals surface area contributed by atoms with E-state index < -0.39 is 10.0 Å². The smallest absolute Gasteiger partial charge is 0.243 e. The van der Waals surface area contributed by atoms with Gasteiger partial charge in [0, 0.05) is 39.0 Å². The van der Waals surface area contributed by atoms with Gasteiger partial charge in [-0.1, -0.05) is 6.92 Å². The van der Waals surface area contributed by atoms with Crippen molar-refractivity contribution in [2.24, 2.45) is 0 Å². The molecule has 2 heterocycles. The Hall–Kier alpha value is -1.60. The summed E-state index contributed by atoms with van der Waals surface area (Å²) < 4.78 is 32.3. The number of nitrogens with zero attached hydrogens (tertiary/aromatic N) is 2. The monoisotopic (exact) mass is 324 g/mol. The summed E-state index contributed by atoms with van der Waals surface area (Å²) in [6.07, 6.45) is 1.20. The van der Waals surface area contributed by atoms with Crippen LogP contribution in [-0.2, 0) is 21.2 Å². The van der Waals surface area contributed by atoms with Crippen molar-refractivity contribution in [2.45, 2.75) is 24.7 Å². The predicted octanol–water partition coefficient (Wildman–Crippen LogP) is 0.864. The van der Waals surface area contributed by atoms with Crippen molar-refractivity contribution in [2.75, 3.05) is 32.8 Å². The van der Waals surface area contributed by atoms with E-state index in [1.165, 1.54) is 4.31 Å². The zero-order valence-corrected chi connectivity index (χ0v) is 13.4. The topological polar surface area (TPSA) is 66.9 Å². The van der Waals surface area contributed by atoms with Crippen LogP contribution < -0.4 is 4.74 Å². The van der Waals surface area contributed by atoms with Crippen LogP contribution in [0.1, 0.15) is 18.9 Å². The van der Waals surface area contributed by atoms with Crippen LogP contribution in [0.3, 0.4) is 0 Å². The van der Waals surface area contributed by atoms with Crippen LogP contribution in [0.4, 0.5) is 0 Å². The van der Waals surface area contributed by atoms with Gasteiger partial charge in [0.05, 0.1) is 11.5 Å². The molecular weight excluding hydrogens is 304 g/mol. The Morgan fingerprint density at radius 3 is 2.64 bits per heavy atom. The molecule has 1 fully saturated rings. The largest absolute Gasteiger partial charge is 0.493 e. The third-order valence-electron chi connectivity index (χ3n) is 4.19. The average molecular weight is 324 g/mol. The number of carbonyl (C=O) groups is 1. The summed E-state index contributed by atoms with van der Waals surface area (Å²) in [5.74, 6) is 0.851. The normalized spacial score (nSPS) is 18.9. The lowest BCUT2D eigenvalue weighted by atomic mass is 10.2. The molecule has 7 heteroatoms. The van der Waals surface area contributed by atoms with Gasteiger partial charge in [-0.3, -0.25) is 4.79 Å². The number of sulfonamides is 1. The molecule has 0 radical (unpaired) electrons. The van der Waals surface area contributed by atoms with E-state index >= 15 is 0 Å². The molecular formula is C15H20N2O4S. The number of fused-ring (bicyclic) bond motifs is 1.